The summed E-state index contributed by atoms with van der Waals surface area (Å²) in [5.74, 6) is 5.31. The third-order valence-electron chi connectivity index (χ3n) is 2.51. The number of nitrogens with two attached hydrogens (primary N) is 1. The first-order valence-electron chi connectivity index (χ1n) is 5.78. The first-order chi connectivity index (χ1) is 9.74. The molecule has 0 saturated carbocycles. The van der Waals surface area contributed by atoms with Crippen molar-refractivity contribution in [2.75, 3.05) is 7.11 Å². The number of pyridine rings is 1. The van der Waals surface area contributed by atoms with Gasteiger partial charge in [-0.3, -0.25) is 4.98 Å². The molecule has 2 N–H and O–H groups in total. The number of carbonyl (C=O) groups is 1. The van der Waals surface area contributed by atoms with Gasteiger partial charge in [0.15, 0.2) is 11.5 Å². The summed E-state index contributed by atoms with van der Waals surface area (Å²) in [6.07, 6.45) is 4.48. The number of methoxy groups -OCH3 is 1. The molecule has 0 atom stereocenters. The average molecular weight is 271 g/mol. The molecule has 1 aromatic heterocycles. The van der Waals surface area contributed by atoms with Crippen LogP contribution in [0.25, 0.3) is 0 Å². The zero-order valence-corrected chi connectivity index (χ0v) is 10.8. The van der Waals surface area contributed by atoms with Crippen LogP contribution in [0.15, 0.2) is 47.8 Å². The predicted octanol–water partition coefficient (Wildman–Crippen LogP) is 1.60. The Labute approximate surface area is 115 Å². The largest absolute Gasteiger partial charge is 0.493 e. The van der Waals surface area contributed by atoms with E-state index in [2.05, 4.69) is 10.1 Å². The molecule has 20 heavy (non-hydrogen) atoms. The van der Waals surface area contributed by atoms with Gasteiger partial charge in [-0.2, -0.15) is 5.10 Å². The number of hydrazone groups is 1. The normalized spacial score (nSPS) is 10.4. The summed E-state index contributed by atoms with van der Waals surface area (Å²) in [6, 6.07) is 8.28. The highest BCUT2D eigenvalue weighted by Gasteiger charge is 2.12. The lowest BCUT2D eigenvalue weighted by Crippen LogP contribution is -2.09. The number of rotatable bonds is 4. The van der Waals surface area contributed by atoms with Gasteiger partial charge >= 0.3 is 5.97 Å². The molecule has 6 heteroatoms. The molecule has 2 aromatic rings. The van der Waals surface area contributed by atoms with Crippen molar-refractivity contribution in [2.45, 2.75) is 0 Å². The Kier molecular flexibility index (Phi) is 4.28. The van der Waals surface area contributed by atoms with Gasteiger partial charge in [-0.05, 0) is 35.9 Å². The van der Waals surface area contributed by atoms with Crippen molar-refractivity contribution >= 4 is 12.2 Å². The standard InChI is InChI=1S/C14H13N3O3/c1-19-13-7-10(8-17-15)4-5-12(13)20-14(18)11-3-2-6-16-9-11/h2-9H,15H2,1H3/b17-8-. The van der Waals surface area contributed by atoms with Crippen LogP contribution in [0.4, 0.5) is 0 Å². The fraction of sp³-hybridized carbons (Fsp3) is 0.0714. The smallest absolute Gasteiger partial charge is 0.345 e. The average Bonchev–Trinajstić information content (AvgIpc) is 2.50. The lowest BCUT2D eigenvalue weighted by Gasteiger charge is -2.09. The summed E-state index contributed by atoms with van der Waals surface area (Å²) < 4.78 is 10.4. The van der Waals surface area contributed by atoms with Crippen LogP contribution < -0.4 is 15.3 Å². The summed E-state index contributed by atoms with van der Waals surface area (Å²) in [5.41, 5.74) is 1.10. The Bertz CT molecular complexity index is 627. The highest BCUT2D eigenvalue weighted by molar-refractivity contribution is 5.91. The molecular formula is C14H13N3O3. The van der Waals surface area contributed by atoms with E-state index in [-0.39, 0.29) is 0 Å². The summed E-state index contributed by atoms with van der Waals surface area (Å²) >= 11 is 0. The zero-order valence-electron chi connectivity index (χ0n) is 10.8. The number of hydrogen-bond donors (Lipinski definition) is 1. The molecule has 0 aliphatic heterocycles. The molecule has 0 bridgehead atoms. The first kappa shape index (κ1) is 13.5. The van der Waals surface area contributed by atoms with Crippen molar-refractivity contribution in [3.05, 3.63) is 53.9 Å². The molecule has 0 saturated heterocycles. The van der Waals surface area contributed by atoms with Crippen molar-refractivity contribution < 1.29 is 14.3 Å². The number of benzene rings is 1. The molecular weight excluding hydrogens is 258 g/mol. The van der Waals surface area contributed by atoms with E-state index < -0.39 is 5.97 Å². The van der Waals surface area contributed by atoms with E-state index >= 15 is 0 Å². The fourth-order valence-electron chi connectivity index (χ4n) is 1.58. The molecule has 0 amide bonds. The minimum absolute atomic E-state index is 0.315. The Morgan fingerprint density at radius 3 is 2.85 bits per heavy atom. The van der Waals surface area contributed by atoms with Crippen LogP contribution in [0.2, 0.25) is 0 Å². The second-order valence-electron chi connectivity index (χ2n) is 3.82. The van der Waals surface area contributed by atoms with Gasteiger partial charge in [-0.15, -0.1) is 0 Å². The molecule has 1 heterocycles. The molecule has 102 valence electrons. The van der Waals surface area contributed by atoms with Crippen LogP contribution in [0.5, 0.6) is 11.5 Å². The molecule has 0 radical (unpaired) electrons. The second kappa shape index (κ2) is 6.33. The summed E-state index contributed by atoms with van der Waals surface area (Å²) in [4.78, 5) is 15.8. The third-order valence-corrected chi connectivity index (χ3v) is 2.51. The van der Waals surface area contributed by atoms with Crippen molar-refractivity contribution in [1.82, 2.24) is 4.98 Å². The maximum absolute atomic E-state index is 11.9. The van der Waals surface area contributed by atoms with E-state index in [9.17, 15) is 4.79 Å². The number of esters is 1. The summed E-state index contributed by atoms with van der Waals surface area (Å²) in [7, 11) is 1.49. The SMILES string of the molecule is COc1cc(/C=N\N)ccc1OC(=O)c1cccnc1. The molecule has 0 unspecified atom stereocenters. The molecule has 0 fully saturated rings. The summed E-state index contributed by atoms with van der Waals surface area (Å²) in [5, 5.41) is 3.42. The minimum Gasteiger partial charge on any atom is -0.493 e. The van der Waals surface area contributed by atoms with E-state index in [4.69, 9.17) is 15.3 Å². The van der Waals surface area contributed by atoms with E-state index in [1.807, 2.05) is 0 Å². The van der Waals surface area contributed by atoms with Crippen LogP contribution in [0.1, 0.15) is 15.9 Å². The Morgan fingerprint density at radius 2 is 2.20 bits per heavy atom. The molecule has 0 aliphatic carbocycles. The molecule has 0 aliphatic rings. The number of ether oxygens (including phenoxy) is 2. The number of nitrogens with zero attached hydrogens (tertiary/aromatic N) is 2. The quantitative estimate of drug-likeness (QED) is 0.300. The van der Waals surface area contributed by atoms with Crippen LogP contribution in [-0.2, 0) is 0 Å². The van der Waals surface area contributed by atoms with Crippen molar-refractivity contribution in [1.29, 1.82) is 0 Å². The van der Waals surface area contributed by atoms with Crippen molar-refractivity contribution in [2.24, 2.45) is 10.9 Å². The third kappa shape index (κ3) is 3.11. The van der Waals surface area contributed by atoms with E-state index in [1.165, 1.54) is 19.5 Å². The maximum atomic E-state index is 11.9. The highest BCUT2D eigenvalue weighted by Crippen LogP contribution is 2.28. The van der Waals surface area contributed by atoms with Gasteiger partial charge in [0.1, 0.15) is 0 Å². The summed E-state index contributed by atoms with van der Waals surface area (Å²) in [6.45, 7) is 0. The van der Waals surface area contributed by atoms with Gasteiger partial charge in [-0.1, -0.05) is 0 Å². The highest BCUT2D eigenvalue weighted by atomic mass is 16.6. The van der Waals surface area contributed by atoms with Gasteiger partial charge < -0.3 is 15.3 Å². The molecule has 1 aromatic carbocycles. The van der Waals surface area contributed by atoms with Gasteiger partial charge in [0.05, 0.1) is 18.9 Å². The molecule has 2 rings (SSSR count). The van der Waals surface area contributed by atoms with Crippen LogP contribution in [0, 0.1) is 0 Å². The van der Waals surface area contributed by atoms with E-state index in [0.717, 1.165) is 5.56 Å². The second-order valence-corrected chi connectivity index (χ2v) is 3.82. The predicted molar refractivity (Wildman–Crippen MR) is 74.0 cm³/mol. The van der Waals surface area contributed by atoms with Crippen molar-refractivity contribution in [3.63, 3.8) is 0 Å². The van der Waals surface area contributed by atoms with Crippen LogP contribution >= 0.6 is 0 Å². The fourth-order valence-corrected chi connectivity index (χ4v) is 1.58. The number of carbonyl (C=O) groups excluding carboxylic acids is 1. The van der Waals surface area contributed by atoms with Gasteiger partial charge in [-0.25, -0.2) is 4.79 Å². The van der Waals surface area contributed by atoms with Crippen LogP contribution in [-0.4, -0.2) is 24.3 Å². The Hall–Kier alpha value is -2.89. The number of hydrogen-bond acceptors (Lipinski definition) is 6. The monoisotopic (exact) mass is 271 g/mol. The topological polar surface area (TPSA) is 86.8 Å². The van der Waals surface area contributed by atoms with E-state index in [1.54, 1.807) is 36.5 Å². The first-order valence-corrected chi connectivity index (χ1v) is 5.78. The zero-order chi connectivity index (χ0) is 14.4. The lowest BCUT2D eigenvalue weighted by atomic mass is 10.2. The minimum atomic E-state index is -0.503. The Morgan fingerprint density at radius 1 is 1.35 bits per heavy atom. The lowest BCUT2D eigenvalue weighted by molar-refractivity contribution is 0.0729. The van der Waals surface area contributed by atoms with Gasteiger partial charge in [0.25, 0.3) is 0 Å². The Balaban J connectivity index is 2.23. The van der Waals surface area contributed by atoms with E-state index in [0.29, 0.717) is 17.1 Å². The molecule has 6 nitrogen and oxygen atoms in total. The van der Waals surface area contributed by atoms with Crippen molar-refractivity contribution in [3.8, 4) is 11.5 Å². The van der Waals surface area contributed by atoms with Crippen LogP contribution in [0.3, 0.4) is 0 Å². The van der Waals surface area contributed by atoms with Gasteiger partial charge in [0.2, 0.25) is 0 Å². The number of aromatic nitrogens is 1. The molecule has 0 spiro atoms. The van der Waals surface area contributed by atoms with Gasteiger partial charge in [0, 0.05) is 12.4 Å². The maximum Gasteiger partial charge on any atom is 0.345 e.